The number of anilines is 2. The van der Waals surface area contributed by atoms with Crippen molar-refractivity contribution >= 4 is 23.3 Å². The van der Waals surface area contributed by atoms with Crippen LogP contribution < -0.4 is 16.4 Å². The van der Waals surface area contributed by atoms with Crippen LogP contribution in [-0.2, 0) is 9.53 Å². The molecular weight excluding hydrogens is 258 g/mol. The maximum atomic E-state index is 11.6. The molecule has 0 saturated carbocycles. The molecule has 2 rings (SSSR count). The largest absolute Gasteiger partial charge is 0.465 e. The number of nitrogens with zero attached hydrogens (tertiary/aromatic N) is 1. The number of piperidine rings is 1. The van der Waals surface area contributed by atoms with Crippen LogP contribution in [0.25, 0.3) is 0 Å². The average molecular weight is 277 g/mol. The summed E-state index contributed by atoms with van der Waals surface area (Å²) in [5.41, 5.74) is 12.9. The summed E-state index contributed by atoms with van der Waals surface area (Å²) in [7, 11) is 1.32. The number of amides is 1. The van der Waals surface area contributed by atoms with Crippen molar-refractivity contribution in [3.05, 3.63) is 23.8 Å². The number of methoxy groups -OCH3 is 1. The number of carbonyl (C=O) groups is 2. The molecule has 0 aromatic heterocycles. The summed E-state index contributed by atoms with van der Waals surface area (Å²) in [5.74, 6) is -0.935. The first kappa shape index (κ1) is 14.2. The van der Waals surface area contributed by atoms with Gasteiger partial charge in [0.1, 0.15) is 0 Å². The molecule has 4 N–H and O–H groups in total. The van der Waals surface area contributed by atoms with E-state index in [2.05, 4.69) is 0 Å². The lowest BCUT2D eigenvalue weighted by Crippen LogP contribution is -2.41. The number of nitrogen functional groups attached to an aromatic ring is 1. The van der Waals surface area contributed by atoms with Gasteiger partial charge in [0.2, 0.25) is 5.91 Å². The number of esters is 1. The number of hydrogen-bond acceptors (Lipinski definition) is 5. The standard InChI is InChI=1S/C14H19N3O3/c1-20-14(19)10-5-2-6-11(12(10)15)17-7-3-4-9(8-17)13(16)18/h2,5-6,9H,3-4,7-8,15H2,1H3,(H2,16,18). The van der Waals surface area contributed by atoms with Crippen molar-refractivity contribution < 1.29 is 14.3 Å². The zero-order chi connectivity index (χ0) is 14.7. The van der Waals surface area contributed by atoms with Crippen LogP contribution in [-0.4, -0.2) is 32.1 Å². The van der Waals surface area contributed by atoms with Crippen molar-refractivity contribution in [2.75, 3.05) is 30.8 Å². The van der Waals surface area contributed by atoms with Crippen LogP contribution in [0.2, 0.25) is 0 Å². The maximum absolute atomic E-state index is 11.6. The Hall–Kier alpha value is -2.24. The van der Waals surface area contributed by atoms with Gasteiger partial charge in [-0.15, -0.1) is 0 Å². The van der Waals surface area contributed by atoms with E-state index in [-0.39, 0.29) is 11.8 Å². The molecule has 1 amide bonds. The Bertz CT molecular complexity index is 530. The van der Waals surface area contributed by atoms with Gasteiger partial charge in [0.25, 0.3) is 0 Å². The molecule has 0 aliphatic carbocycles. The van der Waals surface area contributed by atoms with Gasteiger partial charge in [0.05, 0.1) is 30.0 Å². The fourth-order valence-corrected chi connectivity index (χ4v) is 2.54. The molecule has 1 heterocycles. The lowest BCUT2D eigenvalue weighted by atomic mass is 9.96. The molecule has 1 aliphatic rings. The van der Waals surface area contributed by atoms with Crippen molar-refractivity contribution in [1.82, 2.24) is 0 Å². The summed E-state index contributed by atoms with van der Waals surface area (Å²) in [6, 6.07) is 5.22. The van der Waals surface area contributed by atoms with Gasteiger partial charge in [-0.05, 0) is 25.0 Å². The Kier molecular flexibility index (Phi) is 4.12. The first-order valence-corrected chi connectivity index (χ1v) is 6.55. The van der Waals surface area contributed by atoms with Crippen LogP contribution in [0.5, 0.6) is 0 Å². The first-order chi connectivity index (χ1) is 9.54. The second-order valence-corrected chi connectivity index (χ2v) is 4.92. The molecular formula is C14H19N3O3. The fraction of sp³-hybridized carbons (Fsp3) is 0.429. The Morgan fingerprint density at radius 3 is 2.80 bits per heavy atom. The average Bonchev–Trinajstić information content (AvgIpc) is 2.46. The van der Waals surface area contributed by atoms with Crippen molar-refractivity contribution in [1.29, 1.82) is 0 Å². The molecule has 1 aromatic rings. The van der Waals surface area contributed by atoms with Gasteiger partial charge < -0.3 is 21.1 Å². The minimum Gasteiger partial charge on any atom is -0.465 e. The number of hydrogen-bond donors (Lipinski definition) is 2. The van der Waals surface area contributed by atoms with Gasteiger partial charge in [-0.1, -0.05) is 6.07 Å². The van der Waals surface area contributed by atoms with Crippen LogP contribution >= 0.6 is 0 Å². The van der Waals surface area contributed by atoms with Crippen LogP contribution in [0.3, 0.4) is 0 Å². The first-order valence-electron chi connectivity index (χ1n) is 6.55. The number of carbonyl (C=O) groups excluding carboxylic acids is 2. The molecule has 1 aromatic carbocycles. The topological polar surface area (TPSA) is 98.6 Å². The number of primary amides is 1. The van der Waals surface area contributed by atoms with Gasteiger partial charge in [-0.3, -0.25) is 4.79 Å². The van der Waals surface area contributed by atoms with E-state index in [1.807, 2.05) is 11.0 Å². The van der Waals surface area contributed by atoms with Gasteiger partial charge in [-0.25, -0.2) is 4.79 Å². The van der Waals surface area contributed by atoms with Crippen LogP contribution in [0.4, 0.5) is 11.4 Å². The summed E-state index contributed by atoms with van der Waals surface area (Å²) in [5, 5.41) is 0. The third kappa shape index (κ3) is 2.68. The molecule has 1 fully saturated rings. The summed E-state index contributed by atoms with van der Waals surface area (Å²) in [4.78, 5) is 25.0. The maximum Gasteiger partial charge on any atom is 0.340 e. The Morgan fingerprint density at radius 1 is 1.40 bits per heavy atom. The summed E-state index contributed by atoms with van der Waals surface area (Å²) in [6.07, 6.45) is 1.66. The summed E-state index contributed by atoms with van der Waals surface area (Å²) < 4.78 is 4.71. The van der Waals surface area contributed by atoms with E-state index in [0.717, 1.165) is 25.1 Å². The van der Waals surface area contributed by atoms with E-state index in [0.29, 0.717) is 17.8 Å². The molecule has 6 nitrogen and oxygen atoms in total. The molecule has 1 atom stereocenters. The van der Waals surface area contributed by atoms with Crippen LogP contribution in [0.15, 0.2) is 18.2 Å². The predicted molar refractivity (Wildman–Crippen MR) is 76.3 cm³/mol. The van der Waals surface area contributed by atoms with Gasteiger partial charge in [-0.2, -0.15) is 0 Å². The third-order valence-electron chi connectivity index (χ3n) is 3.65. The van der Waals surface area contributed by atoms with Gasteiger partial charge >= 0.3 is 5.97 Å². The summed E-state index contributed by atoms with van der Waals surface area (Å²) in [6.45, 7) is 1.32. The molecule has 20 heavy (non-hydrogen) atoms. The van der Waals surface area contributed by atoms with E-state index in [1.54, 1.807) is 12.1 Å². The highest BCUT2D eigenvalue weighted by Crippen LogP contribution is 2.30. The number of para-hydroxylation sites is 1. The van der Waals surface area contributed by atoms with E-state index in [4.69, 9.17) is 16.2 Å². The normalized spacial score (nSPS) is 18.6. The van der Waals surface area contributed by atoms with Crippen molar-refractivity contribution in [3.8, 4) is 0 Å². The quantitative estimate of drug-likeness (QED) is 0.627. The molecule has 0 bridgehead atoms. The Balaban J connectivity index is 2.28. The number of rotatable bonds is 3. The highest BCUT2D eigenvalue weighted by atomic mass is 16.5. The van der Waals surface area contributed by atoms with E-state index >= 15 is 0 Å². The van der Waals surface area contributed by atoms with E-state index in [9.17, 15) is 9.59 Å². The molecule has 108 valence electrons. The Labute approximate surface area is 117 Å². The van der Waals surface area contributed by atoms with Crippen LogP contribution in [0, 0.1) is 5.92 Å². The molecule has 1 saturated heterocycles. The molecule has 0 spiro atoms. The fourth-order valence-electron chi connectivity index (χ4n) is 2.54. The summed E-state index contributed by atoms with van der Waals surface area (Å²) >= 11 is 0. The number of nitrogens with two attached hydrogens (primary N) is 2. The molecule has 0 radical (unpaired) electrons. The minimum atomic E-state index is -0.465. The molecule has 1 unspecified atom stereocenters. The van der Waals surface area contributed by atoms with Gasteiger partial charge in [0, 0.05) is 13.1 Å². The van der Waals surface area contributed by atoms with Crippen molar-refractivity contribution in [2.24, 2.45) is 11.7 Å². The minimum absolute atomic E-state index is 0.176. The number of ether oxygens (including phenoxy) is 1. The van der Waals surface area contributed by atoms with E-state index < -0.39 is 5.97 Å². The van der Waals surface area contributed by atoms with Crippen molar-refractivity contribution in [3.63, 3.8) is 0 Å². The second kappa shape index (κ2) is 5.81. The number of benzene rings is 1. The zero-order valence-corrected chi connectivity index (χ0v) is 11.5. The predicted octanol–water partition coefficient (Wildman–Crippen LogP) is 0.757. The lowest BCUT2D eigenvalue weighted by Gasteiger charge is -2.34. The highest BCUT2D eigenvalue weighted by Gasteiger charge is 2.26. The van der Waals surface area contributed by atoms with Crippen LogP contribution in [0.1, 0.15) is 23.2 Å². The molecule has 6 heteroatoms. The zero-order valence-electron chi connectivity index (χ0n) is 11.5. The molecule has 1 aliphatic heterocycles. The smallest absolute Gasteiger partial charge is 0.340 e. The lowest BCUT2D eigenvalue weighted by molar-refractivity contribution is -0.122. The van der Waals surface area contributed by atoms with Crippen molar-refractivity contribution in [2.45, 2.75) is 12.8 Å². The monoisotopic (exact) mass is 277 g/mol. The SMILES string of the molecule is COC(=O)c1cccc(N2CCCC(C(N)=O)C2)c1N. The highest BCUT2D eigenvalue weighted by molar-refractivity contribution is 5.98. The second-order valence-electron chi connectivity index (χ2n) is 4.92. The Morgan fingerprint density at radius 2 is 2.15 bits per heavy atom. The van der Waals surface area contributed by atoms with E-state index in [1.165, 1.54) is 7.11 Å². The third-order valence-corrected chi connectivity index (χ3v) is 3.65. The van der Waals surface area contributed by atoms with Gasteiger partial charge in [0.15, 0.2) is 0 Å².